The van der Waals surface area contributed by atoms with E-state index < -0.39 is 12.1 Å². The number of hydrogen-bond acceptors (Lipinski definition) is 5. The van der Waals surface area contributed by atoms with Gasteiger partial charge in [0.15, 0.2) is 6.10 Å². The molecule has 3 fully saturated rings. The zero-order chi connectivity index (χ0) is 21.7. The molecule has 0 N–H and O–H groups in total. The summed E-state index contributed by atoms with van der Waals surface area (Å²) in [5, 5.41) is 0. The van der Waals surface area contributed by atoms with Crippen molar-refractivity contribution in [3.8, 4) is 0 Å². The molecule has 5 atom stereocenters. The molecule has 31 heavy (non-hydrogen) atoms. The Labute approximate surface area is 180 Å². The number of esters is 1. The fraction of sp³-hybridized carbons (Fsp3) is 0.360. The standard InChI is InChI=1S/C25H23NO5/c1-14(22(27)15-7-3-2-4-8-15)31-25(30)18-9-5-6-10-19(18)26-23(28)20-16-11-12-17(13-16)21(20)24(26)29/h2-10,14,16-17,20-21H,11-13H2,1H3/t14-,16+,17+,20-,21+/m1/s1. The molecule has 1 saturated heterocycles. The molecule has 0 radical (unpaired) electrons. The van der Waals surface area contributed by atoms with Gasteiger partial charge in [0.05, 0.1) is 23.1 Å². The molecule has 0 unspecified atom stereocenters. The van der Waals surface area contributed by atoms with Gasteiger partial charge in [-0.3, -0.25) is 14.4 Å². The molecule has 6 heteroatoms. The number of fused-ring (bicyclic) bond motifs is 5. The van der Waals surface area contributed by atoms with Crippen LogP contribution in [0, 0.1) is 23.7 Å². The highest BCUT2D eigenvalue weighted by atomic mass is 16.5. The highest BCUT2D eigenvalue weighted by Crippen LogP contribution is 2.56. The number of carbonyl (C=O) groups excluding carboxylic acids is 4. The normalized spacial score (nSPS) is 27.3. The van der Waals surface area contributed by atoms with Gasteiger partial charge in [-0.15, -0.1) is 0 Å². The number of para-hydroxylation sites is 1. The third-order valence-electron chi connectivity index (χ3n) is 7.00. The largest absolute Gasteiger partial charge is 0.451 e. The lowest BCUT2D eigenvalue weighted by molar-refractivity contribution is -0.123. The maximum absolute atomic E-state index is 13.2. The average molecular weight is 417 g/mol. The van der Waals surface area contributed by atoms with Crippen LogP contribution in [0.15, 0.2) is 54.6 Å². The van der Waals surface area contributed by atoms with Gasteiger partial charge in [-0.2, -0.15) is 0 Å². The summed E-state index contributed by atoms with van der Waals surface area (Å²) in [6, 6.07) is 15.1. The van der Waals surface area contributed by atoms with Gasteiger partial charge in [-0.05, 0) is 50.2 Å². The molecular formula is C25H23NO5. The van der Waals surface area contributed by atoms with Gasteiger partial charge in [0.2, 0.25) is 17.6 Å². The lowest BCUT2D eigenvalue weighted by Gasteiger charge is -2.20. The first-order valence-corrected chi connectivity index (χ1v) is 10.7. The SMILES string of the molecule is C[C@@H](OC(=O)c1ccccc1N1C(=O)[C@@H]2[C@H]3CC[C@@H](C3)[C@@H]2C1=O)C(=O)c1ccccc1. The van der Waals surface area contributed by atoms with Crippen LogP contribution in [0.2, 0.25) is 0 Å². The predicted octanol–water partition coefficient (Wildman–Crippen LogP) is 3.65. The molecule has 1 heterocycles. The number of ether oxygens (including phenoxy) is 1. The highest BCUT2D eigenvalue weighted by Gasteiger charge is 2.61. The summed E-state index contributed by atoms with van der Waals surface area (Å²) < 4.78 is 5.43. The summed E-state index contributed by atoms with van der Waals surface area (Å²) in [4.78, 5) is 53.1. The number of hydrogen-bond donors (Lipinski definition) is 0. The fourth-order valence-corrected chi connectivity index (χ4v) is 5.60. The van der Waals surface area contributed by atoms with Crippen molar-refractivity contribution in [2.24, 2.45) is 23.7 Å². The van der Waals surface area contributed by atoms with E-state index in [1.165, 1.54) is 17.9 Å². The van der Waals surface area contributed by atoms with Crippen LogP contribution < -0.4 is 4.90 Å². The Balaban J connectivity index is 1.40. The fourth-order valence-electron chi connectivity index (χ4n) is 5.60. The second-order valence-electron chi connectivity index (χ2n) is 8.69. The zero-order valence-corrected chi connectivity index (χ0v) is 17.2. The van der Waals surface area contributed by atoms with Crippen molar-refractivity contribution < 1.29 is 23.9 Å². The third-order valence-corrected chi connectivity index (χ3v) is 7.00. The van der Waals surface area contributed by atoms with Crippen molar-refractivity contribution in [2.75, 3.05) is 4.90 Å². The zero-order valence-electron chi connectivity index (χ0n) is 17.2. The van der Waals surface area contributed by atoms with E-state index in [4.69, 9.17) is 4.74 Å². The summed E-state index contributed by atoms with van der Waals surface area (Å²) in [5.74, 6) is -1.48. The van der Waals surface area contributed by atoms with Gasteiger partial charge in [0.25, 0.3) is 0 Å². The van der Waals surface area contributed by atoms with E-state index in [0.29, 0.717) is 5.56 Å². The maximum atomic E-state index is 13.2. The number of rotatable bonds is 5. The first-order valence-electron chi connectivity index (χ1n) is 10.7. The molecule has 0 spiro atoms. The molecular weight excluding hydrogens is 394 g/mol. The molecule has 2 aromatic rings. The number of ketones is 1. The Morgan fingerprint density at radius 1 is 0.903 bits per heavy atom. The van der Waals surface area contributed by atoms with Crippen LogP contribution in [0.5, 0.6) is 0 Å². The minimum Gasteiger partial charge on any atom is -0.451 e. The summed E-state index contributed by atoms with van der Waals surface area (Å²) in [6.45, 7) is 1.52. The number of nitrogens with zero attached hydrogens (tertiary/aromatic N) is 1. The second kappa shape index (κ2) is 7.45. The smallest absolute Gasteiger partial charge is 0.340 e. The van der Waals surface area contributed by atoms with E-state index in [9.17, 15) is 19.2 Å². The molecule has 158 valence electrons. The van der Waals surface area contributed by atoms with E-state index in [0.717, 1.165) is 19.3 Å². The number of Topliss-reactive ketones (excluding diaryl/α,β-unsaturated/α-hetero) is 1. The van der Waals surface area contributed by atoms with Crippen LogP contribution in [0.4, 0.5) is 5.69 Å². The second-order valence-corrected chi connectivity index (χ2v) is 8.69. The van der Waals surface area contributed by atoms with Gasteiger partial charge in [-0.1, -0.05) is 42.5 Å². The molecule has 3 aliphatic rings. The van der Waals surface area contributed by atoms with Gasteiger partial charge in [0.1, 0.15) is 0 Å². The van der Waals surface area contributed by atoms with Crippen molar-refractivity contribution in [3.63, 3.8) is 0 Å². The predicted molar refractivity (Wildman–Crippen MR) is 112 cm³/mol. The van der Waals surface area contributed by atoms with Crippen LogP contribution in [-0.2, 0) is 14.3 Å². The van der Waals surface area contributed by atoms with E-state index in [-0.39, 0.29) is 52.5 Å². The summed E-state index contributed by atoms with van der Waals surface area (Å²) >= 11 is 0. The number of imide groups is 1. The molecule has 2 saturated carbocycles. The summed E-state index contributed by atoms with van der Waals surface area (Å²) in [5.41, 5.74) is 0.809. The van der Waals surface area contributed by atoms with E-state index in [1.54, 1.807) is 48.5 Å². The number of carbonyl (C=O) groups is 4. The average Bonchev–Trinajstić information content (AvgIpc) is 3.47. The van der Waals surface area contributed by atoms with E-state index >= 15 is 0 Å². The van der Waals surface area contributed by atoms with Crippen molar-refractivity contribution in [3.05, 3.63) is 65.7 Å². The van der Waals surface area contributed by atoms with E-state index in [2.05, 4.69) is 0 Å². The van der Waals surface area contributed by atoms with Crippen molar-refractivity contribution in [1.29, 1.82) is 0 Å². The summed E-state index contributed by atoms with van der Waals surface area (Å²) in [7, 11) is 0. The Hall–Kier alpha value is -3.28. The number of anilines is 1. The molecule has 1 aliphatic heterocycles. The van der Waals surface area contributed by atoms with Crippen LogP contribution in [0.1, 0.15) is 46.9 Å². The van der Waals surface area contributed by atoms with Crippen LogP contribution in [0.25, 0.3) is 0 Å². The Morgan fingerprint density at radius 2 is 1.48 bits per heavy atom. The first kappa shape index (κ1) is 19.7. The molecule has 2 aliphatic carbocycles. The van der Waals surface area contributed by atoms with Gasteiger partial charge < -0.3 is 4.74 Å². The molecule has 0 aromatic heterocycles. The molecule has 2 aromatic carbocycles. The molecule has 5 rings (SSSR count). The minimum atomic E-state index is -0.997. The van der Waals surface area contributed by atoms with Crippen LogP contribution >= 0.6 is 0 Å². The van der Waals surface area contributed by atoms with Gasteiger partial charge >= 0.3 is 5.97 Å². The Morgan fingerprint density at radius 3 is 2.13 bits per heavy atom. The molecule has 2 bridgehead atoms. The highest BCUT2D eigenvalue weighted by molar-refractivity contribution is 6.24. The summed E-state index contributed by atoms with van der Waals surface area (Å²) in [6.07, 6.45) is 1.93. The van der Waals surface area contributed by atoms with Crippen molar-refractivity contribution >= 4 is 29.3 Å². The number of amides is 2. The first-order chi connectivity index (χ1) is 15.0. The molecule has 2 amide bonds. The lowest BCUT2D eigenvalue weighted by Crippen LogP contribution is -2.34. The number of benzene rings is 2. The minimum absolute atomic E-state index is 0.115. The third kappa shape index (κ3) is 3.09. The van der Waals surface area contributed by atoms with Crippen LogP contribution in [-0.4, -0.2) is 29.7 Å². The lowest BCUT2D eigenvalue weighted by atomic mass is 9.81. The van der Waals surface area contributed by atoms with Crippen molar-refractivity contribution in [1.82, 2.24) is 0 Å². The monoisotopic (exact) mass is 417 g/mol. The maximum Gasteiger partial charge on any atom is 0.340 e. The topological polar surface area (TPSA) is 80.8 Å². The van der Waals surface area contributed by atoms with Gasteiger partial charge in [-0.25, -0.2) is 9.69 Å². The quantitative estimate of drug-likeness (QED) is 0.421. The Kier molecular flexibility index (Phi) is 4.73. The van der Waals surface area contributed by atoms with Crippen molar-refractivity contribution in [2.45, 2.75) is 32.3 Å². The Bertz CT molecular complexity index is 1050. The van der Waals surface area contributed by atoms with Gasteiger partial charge in [0, 0.05) is 5.56 Å². The van der Waals surface area contributed by atoms with E-state index in [1.807, 2.05) is 0 Å². The molecule has 6 nitrogen and oxygen atoms in total. The van der Waals surface area contributed by atoms with Crippen LogP contribution in [0.3, 0.4) is 0 Å².